The van der Waals surface area contributed by atoms with E-state index in [2.05, 4.69) is 44.0 Å². The lowest BCUT2D eigenvalue weighted by Gasteiger charge is -1.90. The first-order chi connectivity index (χ1) is 8.41. The summed E-state index contributed by atoms with van der Waals surface area (Å²) < 4.78 is 0. The van der Waals surface area contributed by atoms with Gasteiger partial charge in [0, 0.05) is 25.7 Å². The summed E-state index contributed by atoms with van der Waals surface area (Å²) in [6.07, 6.45) is 13.7. The molecule has 0 aliphatic carbocycles. The van der Waals surface area contributed by atoms with E-state index in [1.807, 2.05) is 0 Å². The second-order valence-electron chi connectivity index (χ2n) is 4.30. The Kier molecular flexibility index (Phi) is 14.3. The zero-order valence-electron chi connectivity index (χ0n) is 11.6. The minimum atomic E-state index is 0.932. The Balaban J connectivity index is 3.18. The maximum absolute atomic E-state index is 3.23. The molecule has 17 heavy (non-hydrogen) atoms. The predicted molar refractivity (Wildman–Crippen MR) is 77.4 cm³/mol. The van der Waals surface area contributed by atoms with Gasteiger partial charge in [-0.1, -0.05) is 33.1 Å². The Bertz CT molecular complexity index is 253. The zero-order valence-corrected chi connectivity index (χ0v) is 11.6. The number of hydrogen-bond donors (Lipinski definition) is 0. The van der Waals surface area contributed by atoms with E-state index < -0.39 is 0 Å². The van der Waals surface area contributed by atoms with Crippen LogP contribution in [0.25, 0.3) is 0 Å². The summed E-state index contributed by atoms with van der Waals surface area (Å²) in [7, 11) is 0. The largest absolute Gasteiger partial charge is 0.103 e. The number of unbranched alkanes of at least 4 members (excludes halogenated alkanes) is 8. The summed E-state index contributed by atoms with van der Waals surface area (Å²) in [5.41, 5.74) is 0. The molecule has 0 rings (SSSR count). The zero-order chi connectivity index (χ0) is 12.6. The van der Waals surface area contributed by atoms with Crippen LogP contribution in [0.3, 0.4) is 0 Å². The monoisotopic (exact) mass is 231 g/mol. The molecule has 0 nitrogen and oxygen atoms in total. The Morgan fingerprint density at radius 2 is 1.35 bits per heavy atom. The van der Waals surface area contributed by atoms with Gasteiger partial charge in [0.15, 0.2) is 0 Å². The average molecular weight is 231 g/mol. The summed E-state index contributed by atoms with van der Waals surface area (Å²) >= 11 is 0. The minimum absolute atomic E-state index is 0.932. The van der Waals surface area contributed by atoms with Gasteiger partial charge in [-0.05, 0) is 25.7 Å². The molecule has 0 atom stereocenters. The molecule has 1 radical (unpaired) electrons. The third-order valence-corrected chi connectivity index (χ3v) is 2.53. The highest BCUT2D eigenvalue weighted by molar-refractivity contribution is 5.03. The first kappa shape index (κ1) is 16.1. The van der Waals surface area contributed by atoms with Gasteiger partial charge in [-0.25, -0.2) is 0 Å². The second kappa shape index (κ2) is 15.1. The maximum Gasteiger partial charge on any atom is 0.0120 e. The lowest BCUT2D eigenvalue weighted by Crippen LogP contribution is -1.76. The van der Waals surface area contributed by atoms with Crippen molar-refractivity contribution in [3.8, 4) is 23.7 Å². The lowest BCUT2D eigenvalue weighted by molar-refractivity contribution is 0.737. The Morgan fingerprint density at radius 3 is 2.12 bits per heavy atom. The van der Waals surface area contributed by atoms with Crippen LogP contribution in [0.1, 0.15) is 78.1 Å². The van der Waals surface area contributed by atoms with Crippen LogP contribution >= 0.6 is 0 Å². The van der Waals surface area contributed by atoms with Crippen molar-refractivity contribution in [2.75, 3.05) is 0 Å². The molecular formula is C17H27. The molecule has 0 heteroatoms. The van der Waals surface area contributed by atoms with E-state index in [1.54, 1.807) is 0 Å². The van der Waals surface area contributed by atoms with Crippen LogP contribution in [-0.2, 0) is 0 Å². The van der Waals surface area contributed by atoms with Gasteiger partial charge in [-0.3, -0.25) is 0 Å². The van der Waals surface area contributed by atoms with Crippen molar-refractivity contribution in [1.82, 2.24) is 0 Å². The molecule has 0 aliphatic heterocycles. The van der Waals surface area contributed by atoms with Gasteiger partial charge in [0.25, 0.3) is 0 Å². The molecular weight excluding hydrogens is 204 g/mol. The quantitative estimate of drug-likeness (QED) is 0.401. The summed E-state index contributed by atoms with van der Waals surface area (Å²) in [4.78, 5) is 0. The maximum atomic E-state index is 3.23. The highest BCUT2D eigenvalue weighted by atomic mass is 13.9. The molecule has 0 aliphatic rings. The van der Waals surface area contributed by atoms with Crippen LogP contribution in [0.4, 0.5) is 0 Å². The van der Waals surface area contributed by atoms with Crippen molar-refractivity contribution in [2.24, 2.45) is 0 Å². The van der Waals surface area contributed by atoms with E-state index in [9.17, 15) is 0 Å². The van der Waals surface area contributed by atoms with Crippen LogP contribution in [0, 0.1) is 30.1 Å². The fraction of sp³-hybridized carbons (Fsp3) is 0.706. The van der Waals surface area contributed by atoms with Crippen LogP contribution in [-0.4, -0.2) is 0 Å². The molecule has 0 saturated carbocycles. The van der Waals surface area contributed by atoms with E-state index in [-0.39, 0.29) is 0 Å². The molecule has 0 aromatic rings. The smallest absolute Gasteiger partial charge is 0.0120 e. The van der Waals surface area contributed by atoms with Crippen LogP contribution in [0.2, 0.25) is 0 Å². The van der Waals surface area contributed by atoms with Crippen molar-refractivity contribution >= 4 is 0 Å². The third kappa shape index (κ3) is 15.1. The molecule has 0 N–H and O–H groups in total. The van der Waals surface area contributed by atoms with E-state index in [4.69, 9.17) is 0 Å². The van der Waals surface area contributed by atoms with Gasteiger partial charge in [0.1, 0.15) is 0 Å². The summed E-state index contributed by atoms with van der Waals surface area (Å²) in [5, 5.41) is 0. The fourth-order valence-corrected chi connectivity index (χ4v) is 1.41. The van der Waals surface area contributed by atoms with Crippen LogP contribution in [0.15, 0.2) is 0 Å². The van der Waals surface area contributed by atoms with E-state index in [1.165, 1.54) is 32.1 Å². The first-order valence-electron chi connectivity index (χ1n) is 7.14. The van der Waals surface area contributed by atoms with Crippen molar-refractivity contribution in [2.45, 2.75) is 78.1 Å². The lowest BCUT2D eigenvalue weighted by atomic mass is 10.1. The van der Waals surface area contributed by atoms with Crippen molar-refractivity contribution < 1.29 is 0 Å². The average Bonchev–Trinajstić information content (AvgIpc) is 2.35. The predicted octanol–water partition coefficient (Wildman–Crippen LogP) is 5.14. The van der Waals surface area contributed by atoms with Gasteiger partial charge in [0.2, 0.25) is 0 Å². The van der Waals surface area contributed by atoms with Gasteiger partial charge in [-0.2, -0.15) is 0 Å². The molecule has 0 aromatic carbocycles. The highest BCUT2D eigenvalue weighted by Crippen LogP contribution is 1.99. The van der Waals surface area contributed by atoms with Crippen LogP contribution < -0.4 is 0 Å². The van der Waals surface area contributed by atoms with Crippen molar-refractivity contribution in [1.29, 1.82) is 0 Å². The molecule has 0 spiro atoms. The molecule has 0 amide bonds. The molecule has 0 unspecified atom stereocenters. The molecule has 0 aromatic heterocycles. The minimum Gasteiger partial charge on any atom is -0.103 e. The van der Waals surface area contributed by atoms with Crippen molar-refractivity contribution in [3.05, 3.63) is 6.42 Å². The number of rotatable bonds is 8. The Morgan fingerprint density at radius 1 is 0.706 bits per heavy atom. The summed E-state index contributed by atoms with van der Waals surface area (Å²) in [6, 6.07) is 0. The SMILES string of the molecule is CCCCC#CC[CH]CCC#CCCCCC. The first-order valence-corrected chi connectivity index (χ1v) is 7.14. The number of hydrogen-bond acceptors (Lipinski definition) is 0. The summed E-state index contributed by atoms with van der Waals surface area (Å²) in [6.45, 7) is 4.43. The van der Waals surface area contributed by atoms with Crippen molar-refractivity contribution in [3.63, 3.8) is 0 Å². The topological polar surface area (TPSA) is 0 Å². The Hall–Kier alpha value is -0.880. The van der Waals surface area contributed by atoms with E-state index >= 15 is 0 Å². The molecule has 0 heterocycles. The Labute approximate surface area is 109 Å². The molecule has 95 valence electrons. The highest BCUT2D eigenvalue weighted by Gasteiger charge is 1.84. The summed E-state index contributed by atoms with van der Waals surface area (Å²) in [5.74, 6) is 12.8. The standard InChI is InChI=1S/C17H27/c1-3-5-7-9-11-13-15-17-16-14-12-10-8-6-4-2/h16H,3-9,14-15,17H2,1-2H3. The molecule has 0 fully saturated rings. The van der Waals surface area contributed by atoms with Crippen LogP contribution in [0.5, 0.6) is 0 Å². The molecule has 0 bridgehead atoms. The van der Waals surface area contributed by atoms with Gasteiger partial charge in [0.05, 0.1) is 0 Å². The van der Waals surface area contributed by atoms with Gasteiger partial charge >= 0.3 is 0 Å². The normalized spacial score (nSPS) is 9.06. The second-order valence-corrected chi connectivity index (χ2v) is 4.30. The fourth-order valence-electron chi connectivity index (χ4n) is 1.41. The van der Waals surface area contributed by atoms with Gasteiger partial charge < -0.3 is 0 Å². The van der Waals surface area contributed by atoms with E-state index in [0.29, 0.717) is 0 Å². The molecule has 0 saturated heterocycles. The van der Waals surface area contributed by atoms with E-state index in [0.717, 1.165) is 32.1 Å². The third-order valence-electron chi connectivity index (χ3n) is 2.53. The van der Waals surface area contributed by atoms with Gasteiger partial charge in [-0.15, -0.1) is 23.7 Å².